The summed E-state index contributed by atoms with van der Waals surface area (Å²) in [5.74, 6) is 1.06. The molecule has 2 atom stereocenters. The van der Waals surface area contributed by atoms with Crippen LogP contribution < -0.4 is 10.2 Å². The van der Waals surface area contributed by atoms with Crippen molar-refractivity contribution in [2.24, 2.45) is 0 Å². The van der Waals surface area contributed by atoms with Crippen molar-refractivity contribution in [2.45, 2.75) is 32.6 Å². The largest absolute Gasteiger partial charge is 0.367 e. The summed E-state index contributed by atoms with van der Waals surface area (Å²) in [5.41, 5.74) is 2.23. The van der Waals surface area contributed by atoms with Crippen molar-refractivity contribution in [3.63, 3.8) is 0 Å². The Hall–Kier alpha value is -0.620. The standard InChI is InChI=1S/C12H18N4O.2ClH/c1-8-5-13-3-4-16(8)12-11-9(2)17-6-10(11)14-7-15-12;;/h7-9,13H,3-6H2,1-2H3;2*1H/t8-,9?;;/m0../s1. The quantitative estimate of drug-likeness (QED) is 0.856. The average molecular weight is 307 g/mol. The molecule has 0 bridgehead atoms. The number of halogens is 2. The van der Waals surface area contributed by atoms with Crippen molar-refractivity contribution in [1.82, 2.24) is 15.3 Å². The molecule has 0 aliphatic carbocycles. The second-order valence-corrected chi connectivity index (χ2v) is 4.76. The maximum Gasteiger partial charge on any atom is 0.138 e. The van der Waals surface area contributed by atoms with Crippen molar-refractivity contribution in [1.29, 1.82) is 0 Å². The van der Waals surface area contributed by atoms with Crippen LogP contribution in [0.25, 0.3) is 0 Å². The van der Waals surface area contributed by atoms with E-state index in [1.165, 1.54) is 5.56 Å². The van der Waals surface area contributed by atoms with E-state index in [1.807, 2.05) is 0 Å². The summed E-state index contributed by atoms with van der Waals surface area (Å²) in [6, 6.07) is 0.468. The van der Waals surface area contributed by atoms with E-state index in [2.05, 4.69) is 34.0 Å². The molecule has 1 N–H and O–H groups in total. The predicted octanol–water partition coefficient (Wildman–Crippen LogP) is 1.71. The predicted molar refractivity (Wildman–Crippen MR) is 79.4 cm³/mol. The maximum atomic E-state index is 5.65. The number of piperazine rings is 1. The van der Waals surface area contributed by atoms with Crippen LogP contribution in [0, 0.1) is 0 Å². The number of aromatic nitrogens is 2. The van der Waals surface area contributed by atoms with Crippen LogP contribution in [0.3, 0.4) is 0 Å². The first kappa shape index (κ1) is 16.4. The van der Waals surface area contributed by atoms with Crippen LogP contribution in [-0.4, -0.2) is 35.6 Å². The Bertz CT molecular complexity index is 432. The number of fused-ring (bicyclic) bond motifs is 1. The minimum absolute atomic E-state index is 0. The second kappa shape index (κ2) is 6.70. The lowest BCUT2D eigenvalue weighted by molar-refractivity contribution is 0.0787. The third-order valence-electron chi connectivity index (χ3n) is 3.60. The van der Waals surface area contributed by atoms with Gasteiger partial charge in [-0.25, -0.2) is 9.97 Å². The monoisotopic (exact) mass is 306 g/mol. The molecule has 108 valence electrons. The molecule has 19 heavy (non-hydrogen) atoms. The van der Waals surface area contributed by atoms with Crippen LogP contribution in [0.15, 0.2) is 6.33 Å². The molecule has 3 rings (SSSR count). The molecule has 0 spiro atoms. The van der Waals surface area contributed by atoms with Crippen LogP contribution in [0.4, 0.5) is 5.82 Å². The van der Waals surface area contributed by atoms with Gasteiger partial charge in [-0.3, -0.25) is 0 Å². The highest BCUT2D eigenvalue weighted by molar-refractivity contribution is 5.85. The van der Waals surface area contributed by atoms with Gasteiger partial charge in [0.25, 0.3) is 0 Å². The summed E-state index contributed by atoms with van der Waals surface area (Å²) in [5, 5.41) is 3.40. The van der Waals surface area contributed by atoms with E-state index in [9.17, 15) is 0 Å². The number of ether oxygens (including phenoxy) is 1. The number of anilines is 1. The Balaban J connectivity index is 0.000000902. The van der Waals surface area contributed by atoms with Gasteiger partial charge in [0.05, 0.1) is 18.4 Å². The van der Waals surface area contributed by atoms with E-state index in [1.54, 1.807) is 6.33 Å². The van der Waals surface area contributed by atoms with Gasteiger partial charge < -0.3 is 15.0 Å². The van der Waals surface area contributed by atoms with Crippen LogP contribution in [-0.2, 0) is 11.3 Å². The van der Waals surface area contributed by atoms with E-state index < -0.39 is 0 Å². The fourth-order valence-corrected chi connectivity index (χ4v) is 2.62. The summed E-state index contributed by atoms with van der Waals surface area (Å²) in [6.45, 7) is 7.93. The topological polar surface area (TPSA) is 50.3 Å². The molecule has 1 aromatic rings. The van der Waals surface area contributed by atoms with Crippen molar-refractivity contribution in [3.05, 3.63) is 17.6 Å². The number of nitrogens with zero attached hydrogens (tertiary/aromatic N) is 3. The highest BCUT2D eigenvalue weighted by Crippen LogP contribution is 2.35. The molecule has 0 aromatic carbocycles. The molecular formula is C12H20Cl2N4O. The molecule has 0 radical (unpaired) electrons. The number of rotatable bonds is 1. The molecule has 1 aromatic heterocycles. The molecule has 1 fully saturated rings. The molecule has 1 unspecified atom stereocenters. The first-order chi connectivity index (χ1) is 8.27. The minimum atomic E-state index is 0. The van der Waals surface area contributed by atoms with E-state index in [0.29, 0.717) is 12.6 Å². The lowest BCUT2D eigenvalue weighted by Crippen LogP contribution is -2.50. The van der Waals surface area contributed by atoms with Crippen LogP contribution >= 0.6 is 24.8 Å². The fraction of sp³-hybridized carbons (Fsp3) is 0.667. The summed E-state index contributed by atoms with van der Waals surface area (Å²) >= 11 is 0. The molecule has 1 saturated heterocycles. The molecule has 0 amide bonds. The Morgan fingerprint density at radius 3 is 2.84 bits per heavy atom. The van der Waals surface area contributed by atoms with Gasteiger partial charge >= 0.3 is 0 Å². The van der Waals surface area contributed by atoms with E-state index in [-0.39, 0.29) is 30.9 Å². The van der Waals surface area contributed by atoms with Crippen LogP contribution in [0.1, 0.15) is 31.2 Å². The number of nitrogens with one attached hydrogen (secondary N) is 1. The molecule has 5 nitrogen and oxygen atoms in total. The van der Waals surface area contributed by atoms with Gasteiger partial charge in [0.15, 0.2) is 0 Å². The van der Waals surface area contributed by atoms with Gasteiger partial charge in [-0.1, -0.05) is 0 Å². The third kappa shape index (κ3) is 2.94. The zero-order chi connectivity index (χ0) is 11.8. The fourth-order valence-electron chi connectivity index (χ4n) is 2.62. The number of hydrogen-bond donors (Lipinski definition) is 1. The van der Waals surface area contributed by atoms with Gasteiger partial charge in [-0.2, -0.15) is 0 Å². The average Bonchev–Trinajstić information content (AvgIpc) is 2.72. The highest BCUT2D eigenvalue weighted by Gasteiger charge is 2.30. The second-order valence-electron chi connectivity index (χ2n) is 4.76. The van der Waals surface area contributed by atoms with Gasteiger partial charge in [0, 0.05) is 31.2 Å². The van der Waals surface area contributed by atoms with Crippen LogP contribution in [0.2, 0.25) is 0 Å². The van der Waals surface area contributed by atoms with E-state index in [0.717, 1.165) is 31.1 Å². The molecule has 0 saturated carbocycles. The third-order valence-corrected chi connectivity index (χ3v) is 3.60. The van der Waals surface area contributed by atoms with Gasteiger partial charge in [0.1, 0.15) is 12.1 Å². The Morgan fingerprint density at radius 1 is 1.32 bits per heavy atom. The molecular weight excluding hydrogens is 287 g/mol. The zero-order valence-electron chi connectivity index (χ0n) is 11.1. The van der Waals surface area contributed by atoms with Crippen molar-refractivity contribution < 1.29 is 4.74 Å². The summed E-state index contributed by atoms with van der Waals surface area (Å²) in [6.07, 6.45) is 1.77. The van der Waals surface area contributed by atoms with Gasteiger partial charge in [0.2, 0.25) is 0 Å². The molecule has 3 heterocycles. The highest BCUT2D eigenvalue weighted by atomic mass is 35.5. The Kier molecular flexibility index (Phi) is 5.80. The van der Waals surface area contributed by atoms with Gasteiger partial charge in [-0.15, -0.1) is 24.8 Å². The Morgan fingerprint density at radius 2 is 2.11 bits per heavy atom. The minimum Gasteiger partial charge on any atom is -0.367 e. The summed E-state index contributed by atoms with van der Waals surface area (Å²) in [4.78, 5) is 11.2. The lowest BCUT2D eigenvalue weighted by Gasteiger charge is -2.36. The summed E-state index contributed by atoms with van der Waals surface area (Å²) in [7, 11) is 0. The Labute approximate surface area is 126 Å². The van der Waals surface area contributed by atoms with Crippen molar-refractivity contribution >= 4 is 30.6 Å². The molecule has 2 aliphatic rings. The molecule has 7 heteroatoms. The van der Waals surface area contributed by atoms with Crippen LogP contribution in [0.5, 0.6) is 0 Å². The normalized spacial score (nSPS) is 25.3. The van der Waals surface area contributed by atoms with E-state index >= 15 is 0 Å². The van der Waals surface area contributed by atoms with Crippen molar-refractivity contribution in [2.75, 3.05) is 24.5 Å². The zero-order valence-corrected chi connectivity index (χ0v) is 12.8. The lowest BCUT2D eigenvalue weighted by atomic mass is 10.1. The van der Waals surface area contributed by atoms with Gasteiger partial charge in [-0.05, 0) is 13.8 Å². The number of hydrogen-bond acceptors (Lipinski definition) is 5. The maximum absolute atomic E-state index is 5.65. The smallest absolute Gasteiger partial charge is 0.138 e. The molecule has 2 aliphatic heterocycles. The van der Waals surface area contributed by atoms with E-state index in [4.69, 9.17) is 4.74 Å². The first-order valence-corrected chi connectivity index (χ1v) is 6.20. The van der Waals surface area contributed by atoms with Crippen molar-refractivity contribution in [3.8, 4) is 0 Å². The summed E-state index contributed by atoms with van der Waals surface area (Å²) < 4.78 is 5.65. The SMILES string of the molecule is CC1OCc2ncnc(N3CCNC[C@@H]3C)c21.Cl.Cl. The first-order valence-electron chi connectivity index (χ1n) is 6.20.